The second-order valence-corrected chi connectivity index (χ2v) is 4.07. The number of amides is 1. The number of hydrogen-bond acceptors (Lipinski definition) is 4. The normalized spacial score (nSPS) is 10.5. The molecule has 0 aliphatic heterocycles. The molecule has 2 aromatic heterocycles. The van der Waals surface area contributed by atoms with Gasteiger partial charge in [0.15, 0.2) is 5.82 Å². The minimum atomic E-state index is -0.248. The molecule has 0 aliphatic carbocycles. The van der Waals surface area contributed by atoms with Gasteiger partial charge in [0.05, 0.1) is 17.4 Å². The highest BCUT2D eigenvalue weighted by Crippen LogP contribution is 2.17. The number of rotatable bonds is 2. The number of aromatic amines is 1. The zero-order valence-corrected chi connectivity index (χ0v) is 9.92. The van der Waals surface area contributed by atoms with Crippen molar-refractivity contribution < 1.29 is 4.79 Å². The molecule has 0 fully saturated rings. The number of pyridine rings is 1. The third kappa shape index (κ3) is 2.11. The molecule has 0 saturated heterocycles. The van der Waals surface area contributed by atoms with Gasteiger partial charge in [0, 0.05) is 17.1 Å². The fourth-order valence-electron chi connectivity index (χ4n) is 1.80. The lowest BCUT2D eigenvalue weighted by Gasteiger charge is -2.04. The molecule has 3 rings (SSSR count). The van der Waals surface area contributed by atoms with Crippen LogP contribution in [0.25, 0.3) is 10.9 Å². The van der Waals surface area contributed by atoms with Crippen LogP contribution in [0.4, 0.5) is 11.5 Å². The van der Waals surface area contributed by atoms with Gasteiger partial charge in [-0.25, -0.2) is 0 Å². The molecule has 1 aromatic carbocycles. The summed E-state index contributed by atoms with van der Waals surface area (Å²) >= 11 is 0. The number of anilines is 2. The van der Waals surface area contributed by atoms with Gasteiger partial charge in [-0.15, -0.1) is 0 Å². The first-order valence-corrected chi connectivity index (χ1v) is 5.69. The van der Waals surface area contributed by atoms with Crippen molar-refractivity contribution in [1.29, 1.82) is 0 Å². The molecular weight excluding hydrogens is 242 g/mol. The summed E-state index contributed by atoms with van der Waals surface area (Å²) in [5.74, 6) is 0.151. The number of hydrogen-bond donors (Lipinski definition) is 3. The van der Waals surface area contributed by atoms with Crippen LogP contribution in [0.3, 0.4) is 0 Å². The summed E-state index contributed by atoms with van der Waals surface area (Å²) < 4.78 is 0. The Morgan fingerprint density at radius 1 is 1.32 bits per heavy atom. The quantitative estimate of drug-likeness (QED) is 0.648. The Hall–Kier alpha value is -2.89. The van der Waals surface area contributed by atoms with Crippen molar-refractivity contribution in [2.75, 3.05) is 11.1 Å². The molecular formula is C13H11N5O. The minimum Gasteiger partial charge on any atom is -0.394 e. The molecule has 6 nitrogen and oxygen atoms in total. The van der Waals surface area contributed by atoms with Crippen molar-refractivity contribution in [3.05, 3.63) is 48.3 Å². The number of benzene rings is 1. The van der Waals surface area contributed by atoms with Gasteiger partial charge in [-0.05, 0) is 24.3 Å². The largest absolute Gasteiger partial charge is 0.394 e. The van der Waals surface area contributed by atoms with Crippen molar-refractivity contribution >= 4 is 28.3 Å². The Morgan fingerprint density at radius 3 is 3.00 bits per heavy atom. The molecule has 2 heterocycles. The number of nitrogens with one attached hydrogen (secondary N) is 2. The van der Waals surface area contributed by atoms with Crippen LogP contribution in [0.15, 0.2) is 42.7 Å². The summed E-state index contributed by atoms with van der Waals surface area (Å²) in [6.07, 6.45) is 3.16. The van der Waals surface area contributed by atoms with Gasteiger partial charge >= 0.3 is 0 Å². The smallest absolute Gasteiger partial charge is 0.256 e. The third-order valence-electron chi connectivity index (χ3n) is 2.77. The first-order chi connectivity index (χ1) is 9.24. The SMILES string of the molecule is Nc1cn[nH]c1NC(=O)c1ccc2ncccc2c1. The summed E-state index contributed by atoms with van der Waals surface area (Å²) in [6, 6.07) is 9.04. The Morgan fingerprint density at radius 2 is 2.21 bits per heavy atom. The Labute approximate surface area is 108 Å². The summed E-state index contributed by atoms with van der Waals surface area (Å²) in [7, 11) is 0. The van der Waals surface area contributed by atoms with Crippen molar-refractivity contribution in [3.8, 4) is 0 Å². The van der Waals surface area contributed by atoms with Crippen LogP contribution in [-0.4, -0.2) is 21.1 Å². The van der Waals surface area contributed by atoms with Crippen LogP contribution in [-0.2, 0) is 0 Å². The van der Waals surface area contributed by atoms with Gasteiger partial charge in [-0.3, -0.25) is 14.9 Å². The highest BCUT2D eigenvalue weighted by molar-refractivity contribution is 6.06. The fourth-order valence-corrected chi connectivity index (χ4v) is 1.80. The van der Waals surface area contributed by atoms with Crippen LogP contribution in [0.2, 0.25) is 0 Å². The highest BCUT2D eigenvalue weighted by atomic mass is 16.1. The number of carbonyl (C=O) groups excluding carboxylic acids is 1. The fraction of sp³-hybridized carbons (Fsp3) is 0. The predicted molar refractivity (Wildman–Crippen MR) is 72.7 cm³/mol. The third-order valence-corrected chi connectivity index (χ3v) is 2.77. The first-order valence-electron chi connectivity index (χ1n) is 5.69. The van der Waals surface area contributed by atoms with Gasteiger partial charge in [0.25, 0.3) is 5.91 Å². The van der Waals surface area contributed by atoms with Gasteiger partial charge < -0.3 is 11.1 Å². The number of aromatic nitrogens is 3. The van der Waals surface area contributed by atoms with Gasteiger partial charge in [0.1, 0.15) is 0 Å². The predicted octanol–water partition coefficient (Wildman–Crippen LogP) is 1.79. The van der Waals surface area contributed by atoms with E-state index in [1.54, 1.807) is 24.4 Å². The molecule has 0 radical (unpaired) electrons. The van der Waals surface area contributed by atoms with E-state index in [9.17, 15) is 4.79 Å². The average Bonchev–Trinajstić information content (AvgIpc) is 2.84. The highest BCUT2D eigenvalue weighted by Gasteiger charge is 2.09. The van der Waals surface area contributed by atoms with Crippen molar-refractivity contribution in [2.24, 2.45) is 0 Å². The molecule has 6 heteroatoms. The molecule has 0 unspecified atom stereocenters. The number of fused-ring (bicyclic) bond motifs is 1. The standard InChI is InChI=1S/C13H11N5O/c14-10-7-16-18-12(10)17-13(19)9-3-4-11-8(6-9)2-1-5-15-11/h1-7H,14H2,(H2,16,17,18,19). The van der Waals surface area contributed by atoms with Crippen molar-refractivity contribution in [3.63, 3.8) is 0 Å². The average molecular weight is 253 g/mol. The van der Waals surface area contributed by atoms with Crippen LogP contribution < -0.4 is 11.1 Å². The van der Waals surface area contributed by atoms with Crippen molar-refractivity contribution in [2.45, 2.75) is 0 Å². The van der Waals surface area contributed by atoms with E-state index in [-0.39, 0.29) is 5.91 Å². The van der Waals surface area contributed by atoms with E-state index >= 15 is 0 Å². The number of H-pyrrole nitrogens is 1. The number of nitrogens with two attached hydrogens (primary N) is 1. The van der Waals surface area contributed by atoms with Crippen LogP contribution in [0.5, 0.6) is 0 Å². The molecule has 1 amide bonds. The maximum Gasteiger partial charge on any atom is 0.256 e. The van der Waals surface area contributed by atoms with Gasteiger partial charge in [-0.1, -0.05) is 6.07 Å². The van der Waals surface area contributed by atoms with E-state index < -0.39 is 0 Å². The number of carbonyl (C=O) groups is 1. The summed E-state index contributed by atoms with van der Waals surface area (Å²) in [4.78, 5) is 16.3. The molecule has 19 heavy (non-hydrogen) atoms. The minimum absolute atomic E-state index is 0.248. The van der Waals surface area contributed by atoms with Crippen LogP contribution in [0, 0.1) is 0 Å². The molecule has 0 aliphatic rings. The molecule has 0 spiro atoms. The second-order valence-electron chi connectivity index (χ2n) is 4.07. The molecule has 4 N–H and O–H groups in total. The second kappa shape index (κ2) is 4.41. The number of nitrogen functional groups attached to an aromatic ring is 1. The van der Waals surface area contributed by atoms with E-state index in [4.69, 9.17) is 5.73 Å². The van der Waals surface area contributed by atoms with E-state index in [1.165, 1.54) is 6.20 Å². The van der Waals surface area contributed by atoms with Gasteiger partial charge in [-0.2, -0.15) is 5.10 Å². The maximum atomic E-state index is 12.1. The van der Waals surface area contributed by atoms with E-state index in [2.05, 4.69) is 20.5 Å². The Kier molecular flexibility index (Phi) is 2.60. The molecule has 0 atom stereocenters. The number of nitrogens with zero attached hydrogens (tertiary/aromatic N) is 2. The maximum absolute atomic E-state index is 12.1. The lowest BCUT2D eigenvalue weighted by atomic mass is 10.1. The van der Waals surface area contributed by atoms with Crippen LogP contribution in [0.1, 0.15) is 10.4 Å². The first kappa shape index (κ1) is 11.2. The lowest BCUT2D eigenvalue weighted by Crippen LogP contribution is -2.13. The van der Waals surface area contributed by atoms with E-state index in [0.29, 0.717) is 17.1 Å². The van der Waals surface area contributed by atoms with Crippen LogP contribution >= 0.6 is 0 Å². The zero-order chi connectivity index (χ0) is 13.2. The van der Waals surface area contributed by atoms with Gasteiger partial charge in [0.2, 0.25) is 0 Å². The molecule has 0 saturated carbocycles. The van der Waals surface area contributed by atoms with E-state index in [0.717, 1.165) is 10.9 Å². The monoisotopic (exact) mass is 253 g/mol. The summed E-state index contributed by atoms with van der Waals surface area (Å²) in [5.41, 5.74) is 7.42. The topological polar surface area (TPSA) is 96.7 Å². The molecule has 3 aromatic rings. The lowest BCUT2D eigenvalue weighted by molar-refractivity contribution is 0.102. The van der Waals surface area contributed by atoms with E-state index in [1.807, 2.05) is 12.1 Å². The summed E-state index contributed by atoms with van der Waals surface area (Å²) in [5, 5.41) is 9.95. The van der Waals surface area contributed by atoms with Crippen molar-refractivity contribution in [1.82, 2.24) is 15.2 Å². The molecule has 94 valence electrons. The Bertz CT molecular complexity index is 749. The molecule has 0 bridgehead atoms. The zero-order valence-electron chi connectivity index (χ0n) is 9.92. The Balaban J connectivity index is 1.91. The summed E-state index contributed by atoms with van der Waals surface area (Å²) in [6.45, 7) is 0.